The van der Waals surface area contributed by atoms with E-state index in [2.05, 4.69) is 22.3 Å². The van der Waals surface area contributed by atoms with Crippen LogP contribution in [-0.2, 0) is 9.59 Å². The van der Waals surface area contributed by atoms with Gasteiger partial charge in [-0.15, -0.1) is 11.3 Å². The monoisotopic (exact) mass is 395 g/mol. The summed E-state index contributed by atoms with van der Waals surface area (Å²) in [5, 5.41) is 5.15. The standard InChI is InChI=1S/C22H25N3O2S/c1-15(2)25-21(26)19(18-7-6-14-28-18)20(22(25)27)23-16-8-10-17(11-9-16)24-12-4-3-5-13-24/h6-11,14-15,23H,3-5,12-13H2,1-2H3. The van der Waals surface area contributed by atoms with E-state index in [4.69, 9.17) is 0 Å². The highest BCUT2D eigenvalue weighted by molar-refractivity contribution is 7.11. The van der Waals surface area contributed by atoms with E-state index in [0.717, 1.165) is 23.7 Å². The number of thiophene rings is 1. The zero-order chi connectivity index (χ0) is 19.7. The summed E-state index contributed by atoms with van der Waals surface area (Å²) in [6.45, 7) is 5.91. The average molecular weight is 396 g/mol. The third kappa shape index (κ3) is 3.44. The van der Waals surface area contributed by atoms with Gasteiger partial charge in [0.25, 0.3) is 11.8 Å². The third-order valence-corrected chi connectivity index (χ3v) is 6.14. The molecule has 1 fully saturated rings. The van der Waals surface area contributed by atoms with Gasteiger partial charge in [0.05, 0.1) is 5.57 Å². The molecule has 0 atom stereocenters. The Kier molecular flexibility index (Phi) is 5.22. The Labute approximate surface area is 169 Å². The number of amides is 2. The Morgan fingerprint density at radius 3 is 2.29 bits per heavy atom. The van der Waals surface area contributed by atoms with E-state index in [1.807, 2.05) is 43.5 Å². The van der Waals surface area contributed by atoms with E-state index in [-0.39, 0.29) is 17.9 Å². The largest absolute Gasteiger partial charge is 0.372 e. The second-order valence-corrected chi connectivity index (χ2v) is 8.47. The second kappa shape index (κ2) is 7.80. The molecular formula is C22H25N3O2S. The van der Waals surface area contributed by atoms with Gasteiger partial charge in [0.2, 0.25) is 0 Å². The fraction of sp³-hybridized carbons (Fsp3) is 0.364. The summed E-state index contributed by atoms with van der Waals surface area (Å²) in [5.41, 5.74) is 2.85. The summed E-state index contributed by atoms with van der Waals surface area (Å²) < 4.78 is 0. The summed E-state index contributed by atoms with van der Waals surface area (Å²) >= 11 is 1.47. The summed E-state index contributed by atoms with van der Waals surface area (Å²) in [5.74, 6) is -0.488. The molecular weight excluding hydrogens is 370 g/mol. The number of piperidine rings is 1. The molecule has 1 N–H and O–H groups in total. The number of carbonyl (C=O) groups is 2. The molecule has 1 aromatic carbocycles. The number of nitrogens with one attached hydrogen (secondary N) is 1. The number of nitrogens with zero attached hydrogens (tertiary/aromatic N) is 2. The SMILES string of the molecule is CC(C)N1C(=O)C(Nc2ccc(N3CCCCC3)cc2)=C(c2cccs2)C1=O. The van der Waals surface area contributed by atoms with Crippen molar-refractivity contribution in [2.24, 2.45) is 0 Å². The van der Waals surface area contributed by atoms with E-state index in [1.165, 1.54) is 41.2 Å². The maximum atomic E-state index is 13.0. The van der Waals surface area contributed by atoms with Crippen LogP contribution in [0.25, 0.3) is 5.57 Å². The van der Waals surface area contributed by atoms with Crippen molar-refractivity contribution in [3.05, 3.63) is 52.4 Å². The fourth-order valence-electron chi connectivity index (χ4n) is 3.83. The van der Waals surface area contributed by atoms with E-state index < -0.39 is 0 Å². The first-order chi connectivity index (χ1) is 13.6. The van der Waals surface area contributed by atoms with Gasteiger partial charge in [-0.3, -0.25) is 14.5 Å². The van der Waals surface area contributed by atoms with Gasteiger partial charge >= 0.3 is 0 Å². The maximum Gasteiger partial charge on any atom is 0.278 e. The molecule has 0 radical (unpaired) electrons. The summed E-state index contributed by atoms with van der Waals surface area (Å²) in [7, 11) is 0. The van der Waals surface area contributed by atoms with Crippen molar-refractivity contribution in [2.75, 3.05) is 23.3 Å². The molecule has 4 rings (SSSR count). The Morgan fingerprint density at radius 2 is 1.68 bits per heavy atom. The third-order valence-electron chi connectivity index (χ3n) is 5.26. The summed E-state index contributed by atoms with van der Waals surface area (Å²) in [6, 6.07) is 11.7. The molecule has 5 nitrogen and oxygen atoms in total. The minimum Gasteiger partial charge on any atom is -0.372 e. The maximum absolute atomic E-state index is 13.0. The smallest absolute Gasteiger partial charge is 0.278 e. The number of anilines is 2. The topological polar surface area (TPSA) is 52.7 Å². The number of hydrogen-bond acceptors (Lipinski definition) is 5. The summed E-state index contributed by atoms with van der Waals surface area (Å²) in [4.78, 5) is 30.4. The minimum atomic E-state index is -0.261. The molecule has 146 valence electrons. The van der Waals surface area contributed by atoms with Crippen molar-refractivity contribution in [1.82, 2.24) is 4.90 Å². The van der Waals surface area contributed by atoms with Gasteiger partial charge in [0.1, 0.15) is 5.70 Å². The van der Waals surface area contributed by atoms with Crippen LogP contribution in [-0.4, -0.2) is 35.8 Å². The van der Waals surface area contributed by atoms with Crippen molar-refractivity contribution in [1.29, 1.82) is 0 Å². The predicted molar refractivity (Wildman–Crippen MR) is 114 cm³/mol. The molecule has 2 aromatic rings. The molecule has 0 unspecified atom stereocenters. The number of imide groups is 1. The van der Waals surface area contributed by atoms with Gasteiger partial charge in [-0.25, -0.2) is 0 Å². The molecule has 28 heavy (non-hydrogen) atoms. The number of rotatable bonds is 5. The lowest BCUT2D eigenvalue weighted by atomic mass is 10.1. The van der Waals surface area contributed by atoms with Crippen molar-refractivity contribution in [2.45, 2.75) is 39.2 Å². The van der Waals surface area contributed by atoms with Gasteiger partial charge in [-0.2, -0.15) is 0 Å². The lowest BCUT2D eigenvalue weighted by molar-refractivity contribution is -0.138. The van der Waals surface area contributed by atoms with Gasteiger partial charge < -0.3 is 10.2 Å². The minimum absolute atomic E-state index is 0.185. The van der Waals surface area contributed by atoms with Crippen LogP contribution < -0.4 is 10.2 Å². The molecule has 1 saturated heterocycles. The molecule has 2 amide bonds. The van der Waals surface area contributed by atoms with Crippen LogP contribution in [0.2, 0.25) is 0 Å². The quantitative estimate of drug-likeness (QED) is 0.765. The average Bonchev–Trinajstić information content (AvgIpc) is 3.30. The molecule has 2 aliphatic heterocycles. The molecule has 3 heterocycles. The molecule has 1 aromatic heterocycles. The van der Waals surface area contributed by atoms with Crippen LogP contribution >= 0.6 is 11.3 Å². The van der Waals surface area contributed by atoms with Gasteiger partial charge in [-0.05, 0) is 68.8 Å². The molecule has 0 bridgehead atoms. The zero-order valence-corrected chi connectivity index (χ0v) is 17.1. The first kappa shape index (κ1) is 18.7. The first-order valence-corrected chi connectivity index (χ1v) is 10.7. The van der Waals surface area contributed by atoms with Crippen LogP contribution in [0.1, 0.15) is 38.0 Å². The van der Waals surface area contributed by atoms with E-state index in [9.17, 15) is 9.59 Å². The van der Waals surface area contributed by atoms with Gasteiger partial charge in [0.15, 0.2) is 0 Å². The lowest BCUT2D eigenvalue weighted by Gasteiger charge is -2.28. The normalized spacial score (nSPS) is 17.8. The first-order valence-electron chi connectivity index (χ1n) is 9.84. The van der Waals surface area contributed by atoms with Crippen LogP contribution in [0.15, 0.2) is 47.5 Å². The number of benzene rings is 1. The van der Waals surface area contributed by atoms with Crippen molar-refractivity contribution >= 4 is 40.1 Å². The van der Waals surface area contributed by atoms with Crippen molar-refractivity contribution < 1.29 is 9.59 Å². The zero-order valence-electron chi connectivity index (χ0n) is 16.3. The van der Waals surface area contributed by atoms with E-state index >= 15 is 0 Å². The summed E-state index contributed by atoms with van der Waals surface area (Å²) in [6.07, 6.45) is 3.77. The molecule has 0 aliphatic carbocycles. The van der Waals surface area contributed by atoms with Crippen LogP contribution in [0.4, 0.5) is 11.4 Å². The number of carbonyl (C=O) groups excluding carboxylic acids is 2. The predicted octanol–water partition coefficient (Wildman–Crippen LogP) is 4.34. The van der Waals surface area contributed by atoms with Gasteiger partial charge in [0, 0.05) is 35.4 Å². The number of hydrogen-bond donors (Lipinski definition) is 1. The van der Waals surface area contributed by atoms with Crippen molar-refractivity contribution in [3.8, 4) is 0 Å². The highest BCUT2D eigenvalue weighted by atomic mass is 32.1. The lowest BCUT2D eigenvalue weighted by Crippen LogP contribution is -2.38. The Hall–Kier alpha value is -2.60. The second-order valence-electron chi connectivity index (χ2n) is 7.52. The highest BCUT2D eigenvalue weighted by Crippen LogP contribution is 2.34. The van der Waals surface area contributed by atoms with Crippen LogP contribution in [0.3, 0.4) is 0 Å². The Bertz CT molecular complexity index is 894. The highest BCUT2D eigenvalue weighted by Gasteiger charge is 2.40. The molecule has 2 aliphatic rings. The van der Waals surface area contributed by atoms with E-state index in [0.29, 0.717) is 11.3 Å². The van der Waals surface area contributed by atoms with Crippen LogP contribution in [0, 0.1) is 0 Å². The Balaban J connectivity index is 1.62. The van der Waals surface area contributed by atoms with Crippen LogP contribution in [0.5, 0.6) is 0 Å². The molecule has 0 saturated carbocycles. The van der Waals surface area contributed by atoms with E-state index in [1.54, 1.807) is 0 Å². The fourth-order valence-corrected chi connectivity index (χ4v) is 4.60. The Morgan fingerprint density at radius 1 is 0.964 bits per heavy atom. The molecule has 6 heteroatoms. The molecule has 0 spiro atoms. The van der Waals surface area contributed by atoms with Crippen molar-refractivity contribution in [3.63, 3.8) is 0 Å². The van der Waals surface area contributed by atoms with Gasteiger partial charge in [-0.1, -0.05) is 6.07 Å².